The largest absolute Gasteiger partial charge is 0.491 e. The Bertz CT molecular complexity index is 313. The molecular weight excluding hydrogens is 190 g/mol. The van der Waals surface area contributed by atoms with Gasteiger partial charge in [0.05, 0.1) is 6.61 Å². The van der Waals surface area contributed by atoms with Crippen molar-refractivity contribution in [2.45, 2.75) is 13.3 Å². The van der Waals surface area contributed by atoms with Crippen LogP contribution < -0.4 is 4.74 Å². The summed E-state index contributed by atoms with van der Waals surface area (Å²) < 4.78 is 30.9. The van der Waals surface area contributed by atoms with Gasteiger partial charge in [0.25, 0.3) is 0 Å². The fourth-order valence-electron chi connectivity index (χ4n) is 1.15. The average molecular weight is 202 g/mol. The lowest BCUT2D eigenvalue weighted by Crippen LogP contribution is -2.00. The van der Waals surface area contributed by atoms with E-state index in [9.17, 15) is 8.78 Å². The van der Waals surface area contributed by atoms with Gasteiger partial charge in [-0.1, -0.05) is 0 Å². The number of hydrogen-bond acceptors (Lipinski definition) is 2. The Balaban J connectivity index is 3.01. The van der Waals surface area contributed by atoms with Crippen molar-refractivity contribution in [1.82, 2.24) is 0 Å². The molecule has 1 rings (SSSR count). The first-order chi connectivity index (χ1) is 6.69. The van der Waals surface area contributed by atoms with Crippen molar-refractivity contribution in [2.24, 2.45) is 0 Å². The van der Waals surface area contributed by atoms with Crippen molar-refractivity contribution in [1.29, 1.82) is 0 Å². The minimum atomic E-state index is -0.978. The minimum Gasteiger partial charge on any atom is -0.491 e. The van der Waals surface area contributed by atoms with Gasteiger partial charge in [-0.3, -0.25) is 0 Å². The van der Waals surface area contributed by atoms with Gasteiger partial charge < -0.3 is 9.84 Å². The molecule has 1 aromatic carbocycles. The molecule has 0 aromatic heterocycles. The highest BCUT2D eigenvalue weighted by Gasteiger charge is 2.11. The highest BCUT2D eigenvalue weighted by molar-refractivity contribution is 5.31. The Morgan fingerprint density at radius 2 is 2.07 bits per heavy atom. The van der Waals surface area contributed by atoms with Crippen LogP contribution >= 0.6 is 0 Å². The van der Waals surface area contributed by atoms with Gasteiger partial charge in [-0.05, 0) is 31.0 Å². The van der Waals surface area contributed by atoms with E-state index in [0.29, 0.717) is 5.56 Å². The Morgan fingerprint density at radius 3 is 2.64 bits per heavy atom. The van der Waals surface area contributed by atoms with E-state index in [1.807, 2.05) is 0 Å². The van der Waals surface area contributed by atoms with Gasteiger partial charge in [-0.2, -0.15) is 4.39 Å². The van der Waals surface area contributed by atoms with Crippen LogP contribution in [0.2, 0.25) is 0 Å². The highest BCUT2D eigenvalue weighted by atomic mass is 19.2. The smallest absolute Gasteiger partial charge is 0.200 e. The molecule has 2 nitrogen and oxygen atoms in total. The van der Waals surface area contributed by atoms with Crippen LogP contribution in [0.1, 0.15) is 12.5 Å². The van der Waals surface area contributed by atoms with Gasteiger partial charge in [0.2, 0.25) is 5.82 Å². The van der Waals surface area contributed by atoms with Crippen LogP contribution in [0.3, 0.4) is 0 Å². The van der Waals surface area contributed by atoms with Crippen LogP contribution in [-0.2, 0) is 6.42 Å². The van der Waals surface area contributed by atoms with Crippen LogP contribution in [0.5, 0.6) is 5.75 Å². The molecule has 0 saturated carbocycles. The van der Waals surface area contributed by atoms with Gasteiger partial charge in [0.1, 0.15) is 0 Å². The summed E-state index contributed by atoms with van der Waals surface area (Å²) in [4.78, 5) is 0. The Morgan fingerprint density at radius 1 is 1.36 bits per heavy atom. The molecule has 0 unspecified atom stereocenters. The normalized spacial score (nSPS) is 10.3. The van der Waals surface area contributed by atoms with E-state index >= 15 is 0 Å². The van der Waals surface area contributed by atoms with Crippen molar-refractivity contribution in [3.05, 3.63) is 29.3 Å². The zero-order valence-corrected chi connectivity index (χ0v) is 7.89. The molecule has 0 heterocycles. The Hall–Kier alpha value is -1.16. The van der Waals surface area contributed by atoms with Crippen molar-refractivity contribution in [3.8, 4) is 5.75 Å². The molecule has 0 amide bonds. The summed E-state index contributed by atoms with van der Waals surface area (Å²) in [6.07, 6.45) is 0.289. The fraction of sp³-hybridized carbons (Fsp3) is 0.400. The number of rotatable bonds is 4. The number of ether oxygens (including phenoxy) is 1. The third-order valence-electron chi connectivity index (χ3n) is 1.75. The van der Waals surface area contributed by atoms with Crippen molar-refractivity contribution < 1.29 is 18.6 Å². The second-order valence-electron chi connectivity index (χ2n) is 2.80. The third-order valence-corrected chi connectivity index (χ3v) is 1.75. The molecule has 0 fully saturated rings. The maximum Gasteiger partial charge on any atom is 0.200 e. The van der Waals surface area contributed by atoms with E-state index in [1.54, 1.807) is 6.92 Å². The second-order valence-corrected chi connectivity index (χ2v) is 2.80. The lowest BCUT2D eigenvalue weighted by atomic mass is 10.1. The molecule has 0 spiro atoms. The van der Waals surface area contributed by atoms with E-state index in [1.165, 1.54) is 6.07 Å². The second kappa shape index (κ2) is 4.91. The van der Waals surface area contributed by atoms with Crippen LogP contribution in [0, 0.1) is 11.6 Å². The molecule has 1 aromatic rings. The van der Waals surface area contributed by atoms with Crippen LogP contribution in [0.25, 0.3) is 0 Å². The minimum absolute atomic E-state index is 0.101. The third kappa shape index (κ3) is 2.42. The van der Waals surface area contributed by atoms with Crippen LogP contribution in [0.15, 0.2) is 12.1 Å². The van der Waals surface area contributed by atoms with E-state index < -0.39 is 11.6 Å². The molecule has 0 aliphatic heterocycles. The molecule has 4 heteroatoms. The summed E-state index contributed by atoms with van der Waals surface area (Å²) in [7, 11) is 0. The fourth-order valence-corrected chi connectivity index (χ4v) is 1.15. The number of halogens is 2. The molecular formula is C10H12F2O2. The maximum absolute atomic E-state index is 13.0. The predicted octanol–water partition coefficient (Wildman–Crippen LogP) is 1.90. The first kappa shape index (κ1) is 10.9. The van der Waals surface area contributed by atoms with Crippen LogP contribution in [0.4, 0.5) is 8.78 Å². The van der Waals surface area contributed by atoms with E-state index in [2.05, 4.69) is 0 Å². The summed E-state index contributed by atoms with van der Waals surface area (Å²) in [6.45, 7) is 1.87. The molecule has 78 valence electrons. The lowest BCUT2D eigenvalue weighted by molar-refractivity contribution is 0.296. The summed E-state index contributed by atoms with van der Waals surface area (Å²) in [5.41, 5.74) is 0.523. The average Bonchev–Trinajstić information content (AvgIpc) is 2.14. The zero-order valence-electron chi connectivity index (χ0n) is 7.89. The quantitative estimate of drug-likeness (QED) is 0.808. The van der Waals surface area contributed by atoms with Crippen molar-refractivity contribution in [2.75, 3.05) is 13.2 Å². The lowest BCUT2D eigenvalue weighted by Gasteiger charge is -2.07. The molecule has 0 bridgehead atoms. The summed E-state index contributed by atoms with van der Waals surface area (Å²) >= 11 is 0. The number of hydrogen-bond donors (Lipinski definition) is 1. The molecule has 0 saturated heterocycles. The SMILES string of the molecule is CCOc1cc(CCO)cc(F)c1F. The first-order valence-electron chi connectivity index (χ1n) is 4.40. The van der Waals surface area contributed by atoms with Gasteiger partial charge >= 0.3 is 0 Å². The summed E-state index contributed by atoms with van der Waals surface area (Å²) in [6, 6.07) is 2.46. The van der Waals surface area contributed by atoms with Gasteiger partial charge in [0.15, 0.2) is 11.6 Å². The van der Waals surface area contributed by atoms with E-state index in [0.717, 1.165) is 6.07 Å². The topological polar surface area (TPSA) is 29.5 Å². The van der Waals surface area contributed by atoms with E-state index in [4.69, 9.17) is 9.84 Å². The summed E-state index contributed by atoms with van der Waals surface area (Å²) in [5, 5.41) is 8.64. The van der Waals surface area contributed by atoms with Crippen LogP contribution in [-0.4, -0.2) is 18.3 Å². The number of aliphatic hydroxyl groups is 1. The highest BCUT2D eigenvalue weighted by Crippen LogP contribution is 2.22. The van der Waals surface area contributed by atoms with Crippen molar-refractivity contribution >= 4 is 0 Å². The molecule has 0 aliphatic carbocycles. The predicted molar refractivity (Wildman–Crippen MR) is 48.3 cm³/mol. The monoisotopic (exact) mass is 202 g/mol. The number of aliphatic hydroxyl groups excluding tert-OH is 1. The molecule has 0 radical (unpaired) electrons. The van der Waals surface area contributed by atoms with Crippen molar-refractivity contribution in [3.63, 3.8) is 0 Å². The van der Waals surface area contributed by atoms with Gasteiger partial charge in [-0.15, -0.1) is 0 Å². The maximum atomic E-state index is 13.0. The summed E-state index contributed by atoms with van der Waals surface area (Å²) in [5.74, 6) is -2.02. The molecule has 14 heavy (non-hydrogen) atoms. The van der Waals surface area contributed by atoms with Gasteiger partial charge in [-0.25, -0.2) is 4.39 Å². The Labute approximate surface area is 81.1 Å². The van der Waals surface area contributed by atoms with E-state index in [-0.39, 0.29) is 25.4 Å². The molecule has 0 aliphatic rings. The van der Waals surface area contributed by atoms with Gasteiger partial charge in [0, 0.05) is 6.61 Å². The number of benzene rings is 1. The zero-order chi connectivity index (χ0) is 10.6. The molecule has 0 atom stereocenters. The molecule has 1 N–H and O–H groups in total. The first-order valence-corrected chi connectivity index (χ1v) is 4.40. The Kier molecular flexibility index (Phi) is 3.83. The standard InChI is InChI=1S/C10H12F2O2/c1-2-14-9-6-7(3-4-13)5-8(11)10(9)12/h5-6,13H,2-4H2,1H3.